The zero-order chi connectivity index (χ0) is 46.3. The van der Waals surface area contributed by atoms with E-state index < -0.39 is 102 Å². The Labute approximate surface area is 369 Å². The SMILES string of the molecule is CC[C@@H]1OC(=O)[C@H](C)[C@@H](OC2C[C@@](C)(OC)[C@@H](O)[C@H](C)O2)[C@H](C)[C@@H](O[C@@H]2O[C@H](C)C[C@H](N(C)C)[C@H]2O)C(C)(O)C[C@@H](C)/C(=N\OCCCOc2ccccc2)[C@@H](C)[C@@H](O)[C@]1(C)O. The van der Waals surface area contributed by atoms with Crippen LogP contribution in [-0.4, -0.2) is 161 Å². The van der Waals surface area contributed by atoms with E-state index in [0.29, 0.717) is 25.2 Å². The van der Waals surface area contributed by atoms with Gasteiger partial charge in [-0.15, -0.1) is 0 Å². The van der Waals surface area contributed by atoms with Crippen LogP contribution < -0.4 is 4.74 Å². The Kier molecular flexibility index (Phi) is 18.6. The first kappa shape index (κ1) is 52.1. The van der Waals surface area contributed by atoms with Crippen LogP contribution in [0.25, 0.3) is 0 Å². The van der Waals surface area contributed by atoms with E-state index in [0.717, 1.165) is 5.75 Å². The predicted octanol–water partition coefficient (Wildman–Crippen LogP) is 4.06. The average Bonchev–Trinajstić information content (AvgIpc) is 3.22. The Balaban J connectivity index is 1.80. The van der Waals surface area contributed by atoms with Crippen LogP contribution in [0.1, 0.15) is 101 Å². The van der Waals surface area contributed by atoms with Crippen LogP contribution in [0.4, 0.5) is 0 Å². The molecule has 3 heterocycles. The van der Waals surface area contributed by atoms with Gasteiger partial charge >= 0.3 is 5.97 Å². The molecule has 0 spiro atoms. The number of cyclic esters (lactones) is 1. The molecule has 356 valence electrons. The van der Waals surface area contributed by atoms with Crippen LogP contribution >= 0.6 is 0 Å². The van der Waals surface area contributed by atoms with Crippen LogP contribution in [0.15, 0.2) is 35.5 Å². The number of carbonyl (C=O) groups is 1. The van der Waals surface area contributed by atoms with E-state index in [4.69, 9.17) is 38.0 Å². The Morgan fingerprint density at radius 1 is 0.887 bits per heavy atom. The van der Waals surface area contributed by atoms with Crippen LogP contribution in [0.3, 0.4) is 0 Å². The summed E-state index contributed by atoms with van der Waals surface area (Å²) in [5.74, 6) is -3.35. The Morgan fingerprint density at radius 2 is 1.55 bits per heavy atom. The third-order valence-electron chi connectivity index (χ3n) is 13.4. The maximum atomic E-state index is 14.4. The highest BCUT2D eigenvalue weighted by atomic mass is 16.7. The Bertz CT molecular complexity index is 1560. The van der Waals surface area contributed by atoms with Gasteiger partial charge in [0.05, 0.1) is 60.0 Å². The van der Waals surface area contributed by atoms with Gasteiger partial charge in [0.25, 0.3) is 0 Å². The number of aliphatic hydroxyl groups is 5. The lowest BCUT2D eigenvalue weighted by atomic mass is 9.73. The van der Waals surface area contributed by atoms with E-state index in [-0.39, 0.29) is 38.0 Å². The zero-order valence-electron chi connectivity index (χ0n) is 39.3. The van der Waals surface area contributed by atoms with Crippen molar-refractivity contribution in [2.75, 3.05) is 34.4 Å². The second kappa shape index (κ2) is 22.1. The van der Waals surface area contributed by atoms with Gasteiger partial charge in [0.1, 0.15) is 36.3 Å². The molecule has 0 radical (unpaired) electrons. The van der Waals surface area contributed by atoms with Gasteiger partial charge in [-0.1, -0.05) is 51.0 Å². The molecule has 3 aliphatic heterocycles. The quantitative estimate of drug-likeness (QED) is 0.108. The molecule has 0 aliphatic carbocycles. The fourth-order valence-corrected chi connectivity index (χ4v) is 9.54. The molecule has 62 heavy (non-hydrogen) atoms. The molecule has 0 bridgehead atoms. The molecule has 4 rings (SSSR count). The highest BCUT2D eigenvalue weighted by molar-refractivity contribution is 5.88. The van der Waals surface area contributed by atoms with E-state index in [1.165, 1.54) is 14.0 Å². The monoisotopic (exact) mass is 883 g/mol. The van der Waals surface area contributed by atoms with Crippen molar-refractivity contribution in [3.63, 3.8) is 0 Å². The molecule has 3 aliphatic rings. The Hall–Kier alpha value is -2.48. The third-order valence-corrected chi connectivity index (χ3v) is 13.4. The molecule has 3 saturated heterocycles. The lowest BCUT2D eigenvalue weighted by Gasteiger charge is -2.49. The highest BCUT2D eigenvalue weighted by Crippen LogP contribution is 2.41. The molecule has 18 atom stereocenters. The van der Waals surface area contributed by atoms with E-state index in [9.17, 15) is 30.3 Å². The smallest absolute Gasteiger partial charge is 0.311 e. The molecule has 2 unspecified atom stereocenters. The van der Waals surface area contributed by atoms with Gasteiger partial charge in [-0.25, -0.2) is 0 Å². The third kappa shape index (κ3) is 12.4. The molecule has 0 amide bonds. The van der Waals surface area contributed by atoms with Crippen LogP contribution in [-0.2, 0) is 38.1 Å². The summed E-state index contributed by atoms with van der Waals surface area (Å²) in [6, 6.07) is 9.08. The molecule has 1 aromatic carbocycles. The van der Waals surface area contributed by atoms with Gasteiger partial charge in [0, 0.05) is 43.7 Å². The molecule has 16 heteroatoms. The summed E-state index contributed by atoms with van der Waals surface area (Å²) in [6.07, 6.45) is -8.92. The summed E-state index contributed by atoms with van der Waals surface area (Å²) in [7, 11) is 5.23. The minimum absolute atomic E-state index is 0.0103. The highest BCUT2D eigenvalue weighted by Gasteiger charge is 2.53. The van der Waals surface area contributed by atoms with Gasteiger partial charge in [-0.3, -0.25) is 4.79 Å². The van der Waals surface area contributed by atoms with Crippen molar-refractivity contribution in [3.8, 4) is 5.75 Å². The molecular formula is C46H78N2O14. The normalized spacial score (nSPS) is 43.5. The molecule has 16 nitrogen and oxygen atoms in total. The fraction of sp³-hybridized carbons (Fsp3) is 0.826. The first-order valence-electron chi connectivity index (χ1n) is 22.4. The number of nitrogens with zero attached hydrogens (tertiary/aromatic N) is 2. The van der Waals surface area contributed by atoms with Gasteiger partial charge in [-0.2, -0.15) is 0 Å². The van der Waals surface area contributed by atoms with E-state index in [2.05, 4.69) is 5.16 Å². The average molecular weight is 883 g/mol. The molecule has 0 aromatic heterocycles. The molecular weight excluding hydrogens is 805 g/mol. The number of hydrogen-bond acceptors (Lipinski definition) is 16. The number of benzene rings is 1. The largest absolute Gasteiger partial charge is 0.493 e. The van der Waals surface area contributed by atoms with Gasteiger partial charge in [0.15, 0.2) is 12.6 Å². The number of carbonyl (C=O) groups excluding carboxylic acids is 1. The van der Waals surface area contributed by atoms with Crippen molar-refractivity contribution in [1.29, 1.82) is 0 Å². The van der Waals surface area contributed by atoms with Crippen molar-refractivity contribution >= 4 is 11.7 Å². The fourth-order valence-electron chi connectivity index (χ4n) is 9.54. The van der Waals surface area contributed by atoms with E-state index in [1.54, 1.807) is 48.5 Å². The number of para-hydroxylation sites is 1. The van der Waals surface area contributed by atoms with Crippen LogP contribution in [0.2, 0.25) is 0 Å². The van der Waals surface area contributed by atoms with E-state index >= 15 is 0 Å². The zero-order valence-corrected chi connectivity index (χ0v) is 39.3. The van der Waals surface area contributed by atoms with Crippen molar-refractivity contribution < 1.29 is 68.3 Å². The number of likely N-dealkylation sites (N-methyl/N-ethyl adjacent to an activating group) is 1. The molecule has 5 N–H and O–H groups in total. The number of esters is 1. The number of methoxy groups -OCH3 is 1. The van der Waals surface area contributed by atoms with Crippen LogP contribution in [0, 0.1) is 23.7 Å². The summed E-state index contributed by atoms with van der Waals surface area (Å²) in [5, 5.41) is 64.1. The maximum absolute atomic E-state index is 14.4. The molecule has 1 aromatic rings. The minimum Gasteiger partial charge on any atom is -0.493 e. The minimum atomic E-state index is -1.96. The number of hydrogen-bond donors (Lipinski definition) is 5. The second-order valence-corrected chi connectivity index (χ2v) is 18.9. The first-order chi connectivity index (χ1) is 29.0. The Morgan fingerprint density at radius 3 is 2.16 bits per heavy atom. The van der Waals surface area contributed by atoms with Crippen molar-refractivity contribution in [2.45, 2.75) is 186 Å². The summed E-state index contributed by atoms with van der Waals surface area (Å²) >= 11 is 0. The summed E-state index contributed by atoms with van der Waals surface area (Å²) < 4.78 is 43.7. The maximum Gasteiger partial charge on any atom is 0.311 e. The lowest BCUT2D eigenvalue weighted by molar-refractivity contribution is -0.317. The number of ether oxygens (including phenoxy) is 7. The predicted molar refractivity (Wildman–Crippen MR) is 231 cm³/mol. The molecule has 0 saturated carbocycles. The van der Waals surface area contributed by atoms with Gasteiger partial charge in [-0.05, 0) is 87.0 Å². The second-order valence-electron chi connectivity index (χ2n) is 18.9. The van der Waals surface area contributed by atoms with Crippen molar-refractivity contribution in [1.82, 2.24) is 4.90 Å². The summed E-state index contributed by atoms with van der Waals surface area (Å²) in [4.78, 5) is 22.2. The van der Waals surface area contributed by atoms with Crippen LogP contribution in [0.5, 0.6) is 5.75 Å². The van der Waals surface area contributed by atoms with Gasteiger partial charge < -0.3 is 68.4 Å². The molecule has 3 fully saturated rings. The number of aliphatic hydroxyl groups excluding tert-OH is 3. The standard InChI is InChI=1S/C46H78N2O14/c1-14-34-46(10,54)39(50)28(4)36(47-57-22-18-21-56-32-19-16-15-17-20-32)26(2)24-44(8,53)41(62-43-37(49)33(48(11)12)23-27(3)58-43)29(5)38(30(6)42(52)60-34)61-35-25-45(9,55-13)40(51)31(7)59-35/h15-17,19-20,26-31,33-35,37-41,43,49-51,53-54H,14,18,21-25H2,1-13H3/b47-36+/t26-,27-,28-,29+,30-,31+,33+,34+,35?,37-,38+,39-,40+,41-,43+,44?,45-,46-/m1/s1. The van der Waals surface area contributed by atoms with Crippen molar-refractivity contribution in [2.24, 2.45) is 28.8 Å². The lowest BCUT2D eigenvalue weighted by Crippen LogP contribution is -2.61. The number of oxime groups is 1. The first-order valence-corrected chi connectivity index (χ1v) is 22.4. The number of rotatable bonds is 13. The summed E-state index contributed by atoms with van der Waals surface area (Å²) in [5.41, 5.74) is -4.42. The van der Waals surface area contributed by atoms with E-state index in [1.807, 2.05) is 63.2 Å². The van der Waals surface area contributed by atoms with Gasteiger partial charge in [0.2, 0.25) is 0 Å². The van der Waals surface area contributed by atoms with Crippen molar-refractivity contribution in [3.05, 3.63) is 30.3 Å². The topological polar surface area (TPSA) is 208 Å². The summed E-state index contributed by atoms with van der Waals surface area (Å²) in [6.45, 7) is 17.7.